The van der Waals surface area contributed by atoms with Gasteiger partial charge in [-0.05, 0) is 49.4 Å². The van der Waals surface area contributed by atoms with Crippen LogP contribution in [0.4, 0.5) is 4.39 Å². The molecule has 2 N–H and O–H groups in total. The van der Waals surface area contributed by atoms with E-state index < -0.39 is 5.82 Å². The summed E-state index contributed by atoms with van der Waals surface area (Å²) in [6, 6.07) is 4.39. The second kappa shape index (κ2) is 10.7. The van der Waals surface area contributed by atoms with Crippen molar-refractivity contribution < 1.29 is 24.2 Å². The number of fused-ring (bicyclic) bond motifs is 1. The molecule has 1 amide bonds. The lowest BCUT2D eigenvalue weighted by molar-refractivity contribution is -0.129. The van der Waals surface area contributed by atoms with Crippen LogP contribution in [0, 0.1) is 17.7 Å². The van der Waals surface area contributed by atoms with E-state index in [4.69, 9.17) is 21.5 Å². The Morgan fingerprint density at radius 1 is 1.19 bits per heavy atom. The van der Waals surface area contributed by atoms with E-state index in [0.29, 0.717) is 29.0 Å². The number of carbonyl (C=O) groups excluding carboxylic acids is 1. The maximum absolute atomic E-state index is 13.2. The first kappa shape index (κ1) is 23.9. The lowest BCUT2D eigenvalue weighted by Gasteiger charge is -2.44. The van der Waals surface area contributed by atoms with E-state index in [0.717, 1.165) is 45.6 Å². The summed E-state index contributed by atoms with van der Waals surface area (Å²) in [5.74, 6) is 0.456. The predicted octanol–water partition coefficient (Wildman–Crippen LogP) is 1.57. The van der Waals surface area contributed by atoms with Gasteiger partial charge in [0.1, 0.15) is 5.82 Å². The largest absolute Gasteiger partial charge is 0.483 e. The Kier molecular flexibility index (Phi) is 8.27. The molecule has 2 saturated heterocycles. The van der Waals surface area contributed by atoms with Gasteiger partial charge in [-0.2, -0.15) is 0 Å². The first-order chi connectivity index (χ1) is 14.8. The van der Waals surface area contributed by atoms with Gasteiger partial charge >= 0.3 is 0 Å². The standard InChI is InChI=1S/C21H29ClFN3O2.CH2O2/c1-24-4-6-25(7-5-24)19-8-15-12-26(13-16(15)9-20(19)27)21(28)10-14-2-3-17(23)11-18(14)22;2-1-3/h2-3,11,15-16,19-20,27H,4-10,12-13H2,1H3;1H,(H,2,3)/t15-,16+,19-,20-;/m1./s1. The topological polar surface area (TPSA) is 84.3 Å². The van der Waals surface area contributed by atoms with Gasteiger partial charge in [0, 0.05) is 50.3 Å². The highest BCUT2D eigenvalue weighted by molar-refractivity contribution is 6.31. The van der Waals surface area contributed by atoms with Crippen molar-refractivity contribution in [2.75, 3.05) is 46.3 Å². The number of amides is 1. The fraction of sp³-hybridized carbons (Fsp3) is 0.636. The Labute approximate surface area is 187 Å². The maximum Gasteiger partial charge on any atom is 0.290 e. The van der Waals surface area contributed by atoms with Gasteiger partial charge in [0.25, 0.3) is 6.47 Å². The van der Waals surface area contributed by atoms with Crippen molar-refractivity contribution in [1.29, 1.82) is 0 Å². The van der Waals surface area contributed by atoms with E-state index in [-0.39, 0.29) is 30.9 Å². The highest BCUT2D eigenvalue weighted by Crippen LogP contribution is 2.38. The van der Waals surface area contributed by atoms with E-state index in [1.807, 2.05) is 4.90 Å². The van der Waals surface area contributed by atoms with Gasteiger partial charge in [-0.15, -0.1) is 0 Å². The molecule has 2 aliphatic heterocycles. The first-order valence-electron chi connectivity index (χ1n) is 10.7. The van der Waals surface area contributed by atoms with Gasteiger partial charge in [-0.3, -0.25) is 14.5 Å². The van der Waals surface area contributed by atoms with Crippen molar-refractivity contribution >= 4 is 24.0 Å². The number of likely N-dealkylation sites (N-methyl/N-ethyl adjacent to an activating group) is 1. The van der Waals surface area contributed by atoms with Crippen molar-refractivity contribution in [2.24, 2.45) is 11.8 Å². The Hall–Kier alpha value is -1.74. The average Bonchev–Trinajstić information content (AvgIpc) is 3.14. The smallest absolute Gasteiger partial charge is 0.290 e. The number of hydrogen-bond acceptors (Lipinski definition) is 5. The number of nitrogens with zero attached hydrogens (tertiary/aromatic N) is 3. The second-order valence-corrected chi connectivity index (χ2v) is 9.19. The van der Waals surface area contributed by atoms with Crippen molar-refractivity contribution in [1.82, 2.24) is 14.7 Å². The number of rotatable bonds is 3. The van der Waals surface area contributed by atoms with E-state index in [1.165, 1.54) is 12.1 Å². The minimum Gasteiger partial charge on any atom is -0.483 e. The summed E-state index contributed by atoms with van der Waals surface area (Å²) in [6.07, 6.45) is 1.61. The number of carbonyl (C=O) groups is 2. The zero-order chi connectivity index (χ0) is 22.5. The molecule has 9 heteroatoms. The fourth-order valence-electron chi connectivity index (χ4n) is 5.10. The van der Waals surface area contributed by atoms with Crippen LogP contribution in [0.3, 0.4) is 0 Å². The molecule has 31 heavy (non-hydrogen) atoms. The molecule has 4 rings (SSSR count). The van der Waals surface area contributed by atoms with Crippen LogP contribution in [-0.4, -0.2) is 95.8 Å². The fourth-order valence-corrected chi connectivity index (χ4v) is 5.33. The van der Waals surface area contributed by atoms with Gasteiger partial charge in [0.2, 0.25) is 5.91 Å². The lowest BCUT2D eigenvalue weighted by Crippen LogP contribution is -2.55. The number of piperazine rings is 1. The number of likely N-dealkylation sites (tertiary alicyclic amines) is 1. The predicted molar refractivity (Wildman–Crippen MR) is 115 cm³/mol. The summed E-state index contributed by atoms with van der Waals surface area (Å²) in [4.78, 5) is 27.8. The highest BCUT2D eigenvalue weighted by atomic mass is 35.5. The molecular weight excluding hydrogens is 425 g/mol. The number of hydrogen-bond donors (Lipinski definition) is 2. The molecule has 2 heterocycles. The van der Waals surface area contributed by atoms with Gasteiger partial charge < -0.3 is 20.0 Å². The Bertz CT molecular complexity index is 775. The first-order valence-corrected chi connectivity index (χ1v) is 11.1. The maximum atomic E-state index is 13.2. The third-order valence-electron chi connectivity index (χ3n) is 6.83. The Morgan fingerprint density at radius 3 is 2.42 bits per heavy atom. The molecule has 4 atom stereocenters. The SMILES string of the molecule is CN1CCN([C@@H]2C[C@@H]3CN(C(=O)Cc4ccc(F)cc4Cl)C[C@@H]3C[C@H]2O)CC1.O=CO. The number of benzene rings is 1. The van der Waals surface area contributed by atoms with Crippen LogP contribution in [0.5, 0.6) is 0 Å². The van der Waals surface area contributed by atoms with Gasteiger partial charge in [0.15, 0.2) is 0 Å². The molecular formula is C22H31ClFN3O4. The van der Waals surface area contributed by atoms with Crippen LogP contribution in [0.1, 0.15) is 18.4 Å². The van der Waals surface area contributed by atoms with E-state index in [2.05, 4.69) is 16.8 Å². The summed E-state index contributed by atoms with van der Waals surface area (Å²) < 4.78 is 13.2. The van der Waals surface area contributed by atoms with Crippen LogP contribution in [0.15, 0.2) is 18.2 Å². The molecule has 3 fully saturated rings. The summed E-state index contributed by atoms with van der Waals surface area (Å²) >= 11 is 6.08. The van der Waals surface area contributed by atoms with Gasteiger partial charge in [-0.25, -0.2) is 4.39 Å². The minimum atomic E-state index is -0.391. The third kappa shape index (κ3) is 5.94. The average molecular weight is 456 g/mol. The van der Waals surface area contributed by atoms with Crippen LogP contribution >= 0.6 is 11.6 Å². The number of aliphatic hydroxyl groups excluding tert-OH is 1. The molecule has 3 aliphatic rings. The molecule has 0 spiro atoms. The molecule has 0 aromatic heterocycles. The molecule has 7 nitrogen and oxygen atoms in total. The van der Waals surface area contributed by atoms with Crippen LogP contribution in [0.2, 0.25) is 5.02 Å². The highest BCUT2D eigenvalue weighted by Gasteiger charge is 2.44. The third-order valence-corrected chi connectivity index (χ3v) is 7.18. The van der Waals surface area contributed by atoms with Crippen molar-refractivity contribution in [2.45, 2.75) is 31.4 Å². The molecule has 172 valence electrons. The molecule has 1 aromatic carbocycles. The summed E-state index contributed by atoms with van der Waals surface area (Å²) in [6.45, 7) is 5.29. The van der Waals surface area contributed by atoms with Gasteiger partial charge in [0.05, 0.1) is 12.5 Å². The quantitative estimate of drug-likeness (QED) is 0.673. The molecule has 1 aliphatic carbocycles. The van der Waals surface area contributed by atoms with Crippen LogP contribution in [0.25, 0.3) is 0 Å². The monoisotopic (exact) mass is 455 g/mol. The lowest BCUT2D eigenvalue weighted by atomic mass is 9.77. The van der Waals surface area contributed by atoms with Crippen molar-refractivity contribution in [3.8, 4) is 0 Å². The van der Waals surface area contributed by atoms with E-state index >= 15 is 0 Å². The zero-order valence-electron chi connectivity index (χ0n) is 17.8. The summed E-state index contributed by atoms with van der Waals surface area (Å²) in [5.41, 5.74) is 0.665. The van der Waals surface area contributed by atoms with Crippen LogP contribution in [-0.2, 0) is 16.0 Å². The summed E-state index contributed by atoms with van der Waals surface area (Å²) in [5, 5.41) is 17.9. The normalized spacial score (nSPS) is 29.1. The van der Waals surface area contributed by atoms with E-state index in [9.17, 15) is 14.3 Å². The molecule has 0 unspecified atom stereocenters. The van der Waals surface area contributed by atoms with Crippen molar-refractivity contribution in [3.05, 3.63) is 34.6 Å². The number of aliphatic hydroxyl groups is 1. The second-order valence-electron chi connectivity index (χ2n) is 8.78. The number of halogens is 2. The number of carboxylic acid groups (broad SMARTS) is 1. The van der Waals surface area contributed by atoms with Crippen molar-refractivity contribution in [3.63, 3.8) is 0 Å². The van der Waals surface area contributed by atoms with Gasteiger partial charge in [-0.1, -0.05) is 17.7 Å². The zero-order valence-corrected chi connectivity index (χ0v) is 18.5. The van der Waals surface area contributed by atoms with E-state index in [1.54, 1.807) is 6.07 Å². The molecule has 0 radical (unpaired) electrons. The minimum absolute atomic E-state index is 0.0357. The molecule has 1 aromatic rings. The Balaban J connectivity index is 0.000000858. The van der Waals surface area contributed by atoms with Crippen LogP contribution < -0.4 is 0 Å². The molecule has 0 bridgehead atoms. The molecule has 1 saturated carbocycles. The summed E-state index contributed by atoms with van der Waals surface area (Å²) in [7, 11) is 2.14. The Morgan fingerprint density at radius 2 is 1.81 bits per heavy atom.